The number of aromatic nitrogens is 3. The van der Waals surface area contributed by atoms with Gasteiger partial charge in [-0.15, -0.1) is 0 Å². The van der Waals surface area contributed by atoms with Gasteiger partial charge in [-0.2, -0.15) is 4.98 Å². The lowest BCUT2D eigenvalue weighted by atomic mass is 9.92. The molecule has 100 valence electrons. The van der Waals surface area contributed by atoms with Crippen molar-refractivity contribution in [2.45, 2.75) is 33.6 Å². The normalized spacial score (nSPS) is 12.7. The molecule has 19 heavy (non-hydrogen) atoms. The van der Waals surface area contributed by atoms with E-state index in [4.69, 9.17) is 4.52 Å². The second-order valence-electron chi connectivity index (χ2n) is 4.96. The number of hydrogen-bond acceptors (Lipinski definition) is 5. The van der Waals surface area contributed by atoms with Gasteiger partial charge in [0, 0.05) is 6.20 Å². The quantitative estimate of drug-likeness (QED) is 0.844. The number of rotatable bonds is 4. The molecule has 0 amide bonds. The summed E-state index contributed by atoms with van der Waals surface area (Å²) in [7, 11) is 0. The van der Waals surface area contributed by atoms with Crippen molar-refractivity contribution in [1.82, 2.24) is 15.1 Å². The van der Waals surface area contributed by atoms with E-state index in [9.17, 15) is 4.79 Å². The molecule has 2 rings (SSSR count). The first-order chi connectivity index (χ1) is 9.00. The van der Waals surface area contributed by atoms with E-state index in [-0.39, 0.29) is 17.6 Å². The Bertz CT molecular complexity index is 590. The summed E-state index contributed by atoms with van der Waals surface area (Å²) in [6.45, 7) is 7.40. The molecule has 0 saturated heterocycles. The fraction of sp³-hybridized carbons (Fsp3) is 0.429. The molecule has 0 fully saturated rings. The molecule has 0 radical (unpaired) electrons. The largest absolute Gasteiger partial charge is 0.338 e. The molecule has 5 nitrogen and oxygen atoms in total. The molecule has 1 atom stereocenters. The summed E-state index contributed by atoms with van der Waals surface area (Å²) in [5.74, 6) is 0.589. The highest BCUT2D eigenvalue weighted by atomic mass is 16.5. The molecule has 2 aromatic rings. The highest BCUT2D eigenvalue weighted by Crippen LogP contribution is 2.26. The summed E-state index contributed by atoms with van der Waals surface area (Å²) in [5, 5.41) is 3.93. The van der Waals surface area contributed by atoms with E-state index in [0.717, 1.165) is 5.56 Å². The maximum Gasteiger partial charge on any atom is 0.237 e. The number of aryl methyl sites for hydroxylation is 1. The van der Waals surface area contributed by atoms with Crippen LogP contribution in [0, 0.1) is 12.8 Å². The maximum absolute atomic E-state index is 11.7. The zero-order valence-corrected chi connectivity index (χ0v) is 11.5. The van der Waals surface area contributed by atoms with E-state index in [1.54, 1.807) is 13.1 Å². The average molecular weight is 259 g/mol. The number of Topliss-reactive ketones (excluding diaryl/α,β-unsaturated/α-hetero) is 1. The Labute approximate surface area is 112 Å². The smallest absolute Gasteiger partial charge is 0.237 e. The lowest BCUT2D eigenvalue weighted by Gasteiger charge is -2.12. The van der Waals surface area contributed by atoms with Gasteiger partial charge in [0.15, 0.2) is 0 Å². The average Bonchev–Trinajstić information content (AvgIpc) is 2.77. The van der Waals surface area contributed by atoms with Gasteiger partial charge in [0.05, 0.1) is 5.92 Å². The fourth-order valence-corrected chi connectivity index (χ4v) is 2.11. The Morgan fingerprint density at radius 2 is 2.11 bits per heavy atom. The molecule has 2 aromatic heterocycles. The zero-order chi connectivity index (χ0) is 14.0. The number of ketones is 1. The summed E-state index contributed by atoms with van der Waals surface area (Å²) in [4.78, 5) is 20.2. The highest BCUT2D eigenvalue weighted by Gasteiger charge is 2.27. The number of nitrogens with zero attached hydrogens (tertiary/aromatic N) is 3. The number of pyridine rings is 1. The van der Waals surface area contributed by atoms with Crippen LogP contribution < -0.4 is 0 Å². The van der Waals surface area contributed by atoms with E-state index in [0.29, 0.717) is 17.4 Å². The molecule has 0 aromatic carbocycles. The van der Waals surface area contributed by atoms with Crippen molar-refractivity contribution in [2.24, 2.45) is 5.92 Å². The van der Waals surface area contributed by atoms with Crippen LogP contribution in [0.5, 0.6) is 0 Å². The third-order valence-corrected chi connectivity index (χ3v) is 3.03. The van der Waals surface area contributed by atoms with Gasteiger partial charge in [-0.1, -0.05) is 25.1 Å². The van der Waals surface area contributed by atoms with Crippen molar-refractivity contribution < 1.29 is 9.32 Å². The van der Waals surface area contributed by atoms with Gasteiger partial charge in [-0.3, -0.25) is 9.78 Å². The van der Waals surface area contributed by atoms with Crippen molar-refractivity contribution in [3.8, 4) is 11.5 Å². The predicted octanol–water partition coefficient (Wildman–Crippen LogP) is 2.77. The van der Waals surface area contributed by atoms with Gasteiger partial charge >= 0.3 is 0 Å². The van der Waals surface area contributed by atoms with Crippen LogP contribution >= 0.6 is 0 Å². The van der Waals surface area contributed by atoms with Crippen LogP contribution in [-0.2, 0) is 4.79 Å². The molecule has 0 N–H and O–H groups in total. The first-order valence-electron chi connectivity index (χ1n) is 6.26. The van der Waals surface area contributed by atoms with E-state index in [1.807, 2.05) is 32.9 Å². The van der Waals surface area contributed by atoms with E-state index in [2.05, 4.69) is 15.1 Å². The molecule has 0 aliphatic heterocycles. The van der Waals surface area contributed by atoms with Crippen LogP contribution in [0.4, 0.5) is 0 Å². The Balaban J connectivity index is 2.39. The van der Waals surface area contributed by atoms with E-state index >= 15 is 0 Å². The zero-order valence-electron chi connectivity index (χ0n) is 11.5. The third-order valence-electron chi connectivity index (χ3n) is 3.03. The van der Waals surface area contributed by atoms with E-state index < -0.39 is 0 Å². The summed E-state index contributed by atoms with van der Waals surface area (Å²) < 4.78 is 5.24. The second-order valence-corrected chi connectivity index (χ2v) is 4.96. The standard InChI is InChI=1S/C14H17N3O2/c1-8(2)11(10(4)18)14-16-13(17-19-14)12-9(3)6-5-7-15-12/h5-8,11H,1-4H3. The van der Waals surface area contributed by atoms with Gasteiger partial charge < -0.3 is 4.52 Å². The molecule has 0 aliphatic rings. The monoisotopic (exact) mass is 259 g/mol. The first kappa shape index (κ1) is 13.4. The summed E-state index contributed by atoms with van der Waals surface area (Å²) in [6.07, 6.45) is 1.68. The minimum Gasteiger partial charge on any atom is -0.338 e. The summed E-state index contributed by atoms with van der Waals surface area (Å²) in [6, 6.07) is 3.79. The molecule has 2 heterocycles. The minimum atomic E-state index is -0.356. The minimum absolute atomic E-state index is 0.0305. The predicted molar refractivity (Wildman–Crippen MR) is 70.5 cm³/mol. The van der Waals surface area contributed by atoms with Crippen molar-refractivity contribution in [3.63, 3.8) is 0 Å². The maximum atomic E-state index is 11.7. The van der Waals surface area contributed by atoms with Gasteiger partial charge in [-0.05, 0) is 31.4 Å². The van der Waals surface area contributed by atoms with Crippen LogP contribution in [0.2, 0.25) is 0 Å². The Morgan fingerprint density at radius 1 is 1.37 bits per heavy atom. The molecular weight excluding hydrogens is 242 g/mol. The van der Waals surface area contributed by atoms with E-state index in [1.165, 1.54) is 0 Å². The van der Waals surface area contributed by atoms with Gasteiger partial charge in [0.2, 0.25) is 11.7 Å². The van der Waals surface area contributed by atoms with Gasteiger partial charge in [-0.25, -0.2) is 0 Å². The second kappa shape index (κ2) is 5.30. The van der Waals surface area contributed by atoms with Crippen molar-refractivity contribution in [2.75, 3.05) is 0 Å². The number of carbonyl (C=O) groups excluding carboxylic acids is 1. The van der Waals surface area contributed by atoms with Crippen molar-refractivity contribution in [1.29, 1.82) is 0 Å². The van der Waals surface area contributed by atoms with Gasteiger partial charge in [0.1, 0.15) is 11.5 Å². The SMILES string of the molecule is CC(=O)C(c1nc(-c2ncccc2C)no1)C(C)C. The number of carbonyl (C=O) groups is 1. The Morgan fingerprint density at radius 3 is 2.68 bits per heavy atom. The van der Waals surface area contributed by atoms with Crippen LogP contribution in [-0.4, -0.2) is 20.9 Å². The molecule has 0 saturated carbocycles. The van der Waals surface area contributed by atoms with Crippen LogP contribution in [0.1, 0.15) is 38.1 Å². The molecule has 0 aliphatic carbocycles. The van der Waals surface area contributed by atoms with Crippen LogP contribution in [0.25, 0.3) is 11.5 Å². The van der Waals surface area contributed by atoms with Crippen molar-refractivity contribution >= 4 is 5.78 Å². The third kappa shape index (κ3) is 2.70. The van der Waals surface area contributed by atoms with Crippen LogP contribution in [0.3, 0.4) is 0 Å². The highest BCUT2D eigenvalue weighted by molar-refractivity contribution is 5.82. The Hall–Kier alpha value is -2.04. The number of hydrogen-bond donors (Lipinski definition) is 0. The lowest BCUT2D eigenvalue weighted by Crippen LogP contribution is -2.15. The Kier molecular flexibility index (Phi) is 3.74. The molecule has 5 heteroatoms. The van der Waals surface area contributed by atoms with Gasteiger partial charge in [0.25, 0.3) is 0 Å². The lowest BCUT2D eigenvalue weighted by molar-refractivity contribution is -0.119. The molecule has 0 bridgehead atoms. The molecular formula is C14H17N3O2. The fourth-order valence-electron chi connectivity index (χ4n) is 2.11. The molecule has 0 spiro atoms. The van der Waals surface area contributed by atoms with Crippen molar-refractivity contribution in [3.05, 3.63) is 29.8 Å². The topological polar surface area (TPSA) is 68.9 Å². The van der Waals surface area contributed by atoms with Crippen LogP contribution in [0.15, 0.2) is 22.9 Å². The summed E-state index contributed by atoms with van der Waals surface area (Å²) >= 11 is 0. The summed E-state index contributed by atoms with van der Waals surface area (Å²) in [5.41, 5.74) is 1.65. The first-order valence-corrected chi connectivity index (χ1v) is 6.26. The molecule has 1 unspecified atom stereocenters.